The third kappa shape index (κ3) is 3.03. The molecule has 4 heterocycles. The zero-order valence-corrected chi connectivity index (χ0v) is 24.7. The molecule has 11 rings (SSSR count). The summed E-state index contributed by atoms with van der Waals surface area (Å²) >= 11 is 0. The Hall–Kier alpha value is -6.26. The van der Waals surface area contributed by atoms with Gasteiger partial charge >= 0.3 is 0 Å². The SMILES string of the molecule is c1ccc(-n2c3cccc4c3c3c2cccc3n4-c2ccc3c(c2)c2ccccc2n3-c2ccc3c(c2)oc2ccccc23)cc1. The third-order valence-corrected chi connectivity index (χ3v) is 9.80. The molecule has 46 heavy (non-hydrogen) atoms. The van der Waals surface area contributed by atoms with E-state index in [1.165, 1.54) is 60.3 Å². The summed E-state index contributed by atoms with van der Waals surface area (Å²) in [5.74, 6) is 0. The lowest BCUT2D eigenvalue weighted by Crippen LogP contribution is -1.98. The van der Waals surface area contributed by atoms with E-state index >= 15 is 0 Å². The zero-order chi connectivity index (χ0) is 29.9. The topological polar surface area (TPSA) is 27.9 Å². The zero-order valence-electron chi connectivity index (χ0n) is 24.7. The van der Waals surface area contributed by atoms with Crippen LogP contribution in [-0.4, -0.2) is 13.7 Å². The van der Waals surface area contributed by atoms with Crippen molar-refractivity contribution in [3.05, 3.63) is 152 Å². The highest BCUT2D eigenvalue weighted by Crippen LogP contribution is 2.43. The van der Waals surface area contributed by atoms with Gasteiger partial charge in [0, 0.05) is 55.4 Å². The van der Waals surface area contributed by atoms with Crippen LogP contribution in [0.4, 0.5) is 0 Å². The van der Waals surface area contributed by atoms with E-state index in [-0.39, 0.29) is 0 Å². The van der Waals surface area contributed by atoms with Crippen LogP contribution in [0.25, 0.3) is 93.6 Å². The highest BCUT2D eigenvalue weighted by molar-refractivity contribution is 6.25. The molecule has 0 saturated heterocycles. The number of furan rings is 1. The number of hydrogen-bond donors (Lipinski definition) is 0. The van der Waals surface area contributed by atoms with Gasteiger partial charge in [-0.25, -0.2) is 0 Å². The van der Waals surface area contributed by atoms with Gasteiger partial charge in [-0.05, 0) is 78.9 Å². The van der Waals surface area contributed by atoms with Crippen molar-refractivity contribution in [3.8, 4) is 17.1 Å². The molecule has 11 aromatic rings. The molecule has 0 N–H and O–H groups in total. The van der Waals surface area contributed by atoms with Gasteiger partial charge in [0.05, 0.1) is 33.1 Å². The summed E-state index contributed by atoms with van der Waals surface area (Å²) in [6.45, 7) is 0. The first-order valence-corrected chi connectivity index (χ1v) is 15.7. The number of aromatic nitrogens is 3. The van der Waals surface area contributed by atoms with Gasteiger partial charge in [0.15, 0.2) is 0 Å². The van der Waals surface area contributed by atoms with Crippen molar-refractivity contribution in [2.75, 3.05) is 0 Å². The summed E-state index contributed by atoms with van der Waals surface area (Å²) in [4.78, 5) is 0. The molecule has 0 atom stereocenters. The standard InChI is InChI=1S/C42H25N3O/c1-2-10-26(11-3-1)43-35-15-8-17-37-41(35)42-36(43)16-9-18-38(42)45(37)27-21-23-34-32(24-27)29-12-4-6-14-33(29)44(34)28-20-22-31-30-13-5-7-19-39(30)46-40(31)25-28/h1-25H. The molecule has 0 aliphatic carbocycles. The molecule has 0 radical (unpaired) electrons. The maximum atomic E-state index is 6.29. The van der Waals surface area contributed by atoms with Crippen LogP contribution in [0.1, 0.15) is 0 Å². The maximum Gasteiger partial charge on any atom is 0.137 e. The third-order valence-electron chi connectivity index (χ3n) is 9.80. The Morgan fingerprint density at radius 2 is 0.826 bits per heavy atom. The van der Waals surface area contributed by atoms with Crippen LogP contribution >= 0.6 is 0 Å². The van der Waals surface area contributed by atoms with Crippen LogP contribution < -0.4 is 0 Å². The Kier molecular flexibility index (Phi) is 4.55. The molecule has 0 spiro atoms. The summed E-state index contributed by atoms with van der Waals surface area (Å²) in [5.41, 5.74) is 12.5. The first-order valence-electron chi connectivity index (χ1n) is 15.7. The van der Waals surface area contributed by atoms with Crippen molar-refractivity contribution in [3.63, 3.8) is 0 Å². The second-order valence-corrected chi connectivity index (χ2v) is 12.2. The summed E-state index contributed by atoms with van der Waals surface area (Å²) in [7, 11) is 0. The highest BCUT2D eigenvalue weighted by atomic mass is 16.3. The molecule has 7 aromatic carbocycles. The molecular weight excluding hydrogens is 562 g/mol. The van der Waals surface area contributed by atoms with Gasteiger partial charge in [-0.2, -0.15) is 0 Å². The fraction of sp³-hybridized carbons (Fsp3) is 0. The fourth-order valence-electron chi connectivity index (χ4n) is 7.94. The van der Waals surface area contributed by atoms with Crippen molar-refractivity contribution in [1.82, 2.24) is 13.7 Å². The first kappa shape index (κ1) is 24.1. The van der Waals surface area contributed by atoms with Gasteiger partial charge in [-0.3, -0.25) is 0 Å². The predicted molar refractivity (Wildman–Crippen MR) is 190 cm³/mol. The Labute approximate surface area is 262 Å². The number of rotatable bonds is 3. The predicted octanol–water partition coefficient (Wildman–Crippen LogP) is 11.2. The van der Waals surface area contributed by atoms with Crippen LogP contribution in [0.5, 0.6) is 0 Å². The number of hydrogen-bond acceptors (Lipinski definition) is 1. The molecule has 0 unspecified atom stereocenters. The summed E-state index contributed by atoms with van der Waals surface area (Å²) < 4.78 is 13.5. The Balaban J connectivity index is 1.17. The smallest absolute Gasteiger partial charge is 0.137 e. The van der Waals surface area contributed by atoms with Gasteiger partial charge in [0.25, 0.3) is 0 Å². The normalized spacial score (nSPS) is 12.3. The second-order valence-electron chi connectivity index (χ2n) is 12.2. The largest absolute Gasteiger partial charge is 0.456 e. The van der Waals surface area contributed by atoms with E-state index < -0.39 is 0 Å². The molecule has 0 amide bonds. The summed E-state index contributed by atoms with van der Waals surface area (Å²) in [5, 5.41) is 7.35. The lowest BCUT2D eigenvalue weighted by Gasteiger charge is -2.13. The monoisotopic (exact) mass is 587 g/mol. The van der Waals surface area contributed by atoms with Crippen molar-refractivity contribution >= 4 is 76.6 Å². The van der Waals surface area contributed by atoms with Crippen molar-refractivity contribution < 1.29 is 4.42 Å². The number of para-hydroxylation sites is 3. The van der Waals surface area contributed by atoms with Gasteiger partial charge < -0.3 is 18.1 Å². The van der Waals surface area contributed by atoms with E-state index in [0.29, 0.717) is 0 Å². The molecule has 4 heteroatoms. The number of benzene rings is 7. The van der Waals surface area contributed by atoms with E-state index in [1.807, 2.05) is 12.1 Å². The Morgan fingerprint density at radius 1 is 0.304 bits per heavy atom. The average Bonchev–Trinajstić information content (AvgIpc) is 3.85. The quantitative estimate of drug-likeness (QED) is 0.202. The second kappa shape index (κ2) is 8.68. The first-order chi connectivity index (χ1) is 22.8. The minimum Gasteiger partial charge on any atom is -0.456 e. The minimum atomic E-state index is 0.900. The molecule has 4 nitrogen and oxygen atoms in total. The Morgan fingerprint density at radius 3 is 1.59 bits per heavy atom. The van der Waals surface area contributed by atoms with Gasteiger partial charge in [-0.1, -0.05) is 66.7 Å². The summed E-state index contributed by atoms with van der Waals surface area (Å²) in [6, 6.07) is 54.5. The van der Waals surface area contributed by atoms with Crippen LogP contribution in [0.3, 0.4) is 0 Å². The van der Waals surface area contributed by atoms with Crippen LogP contribution in [0.2, 0.25) is 0 Å². The fourth-order valence-corrected chi connectivity index (χ4v) is 7.94. The van der Waals surface area contributed by atoms with E-state index in [4.69, 9.17) is 4.42 Å². The number of nitrogens with zero attached hydrogens (tertiary/aromatic N) is 3. The molecule has 0 bridgehead atoms. The lowest BCUT2D eigenvalue weighted by atomic mass is 10.1. The number of fused-ring (bicyclic) bond motifs is 6. The van der Waals surface area contributed by atoms with E-state index in [0.717, 1.165) is 33.3 Å². The Bertz CT molecular complexity index is 2900. The van der Waals surface area contributed by atoms with Gasteiger partial charge in [0.2, 0.25) is 0 Å². The molecular formula is C42H25N3O. The molecule has 0 aliphatic rings. The molecule has 214 valence electrons. The maximum absolute atomic E-state index is 6.29. The highest BCUT2D eigenvalue weighted by Gasteiger charge is 2.23. The van der Waals surface area contributed by atoms with E-state index in [1.54, 1.807) is 0 Å². The average molecular weight is 588 g/mol. The van der Waals surface area contributed by atoms with Gasteiger partial charge in [0.1, 0.15) is 11.2 Å². The van der Waals surface area contributed by atoms with Gasteiger partial charge in [-0.15, -0.1) is 0 Å². The van der Waals surface area contributed by atoms with Crippen LogP contribution in [-0.2, 0) is 0 Å². The lowest BCUT2D eigenvalue weighted by molar-refractivity contribution is 0.668. The summed E-state index contributed by atoms with van der Waals surface area (Å²) in [6.07, 6.45) is 0. The van der Waals surface area contributed by atoms with Crippen molar-refractivity contribution in [2.45, 2.75) is 0 Å². The van der Waals surface area contributed by atoms with E-state index in [2.05, 4.69) is 153 Å². The molecule has 0 fully saturated rings. The molecule has 4 aromatic heterocycles. The van der Waals surface area contributed by atoms with Crippen molar-refractivity contribution in [1.29, 1.82) is 0 Å². The molecule has 0 aliphatic heterocycles. The van der Waals surface area contributed by atoms with E-state index in [9.17, 15) is 0 Å². The van der Waals surface area contributed by atoms with Crippen LogP contribution in [0, 0.1) is 0 Å². The van der Waals surface area contributed by atoms with Crippen LogP contribution in [0.15, 0.2) is 156 Å². The minimum absolute atomic E-state index is 0.900. The molecule has 0 saturated carbocycles. The van der Waals surface area contributed by atoms with Crippen molar-refractivity contribution in [2.24, 2.45) is 0 Å².